The van der Waals surface area contributed by atoms with Crippen molar-refractivity contribution in [2.24, 2.45) is 0 Å². The molecule has 7 heteroatoms. The Hall–Kier alpha value is -0.360. The Kier molecular flexibility index (Phi) is 4.71. The fourth-order valence-electron chi connectivity index (χ4n) is 1.59. The van der Waals surface area contributed by atoms with E-state index < -0.39 is 11.6 Å². The number of thiophene rings is 1. The molecule has 19 heavy (non-hydrogen) atoms. The van der Waals surface area contributed by atoms with Gasteiger partial charge in [0.1, 0.15) is 11.6 Å². The first-order valence-electron chi connectivity index (χ1n) is 5.24. The molecular formula is C12H8BrCl2F2NS. The quantitative estimate of drug-likeness (QED) is 0.613. The van der Waals surface area contributed by atoms with E-state index in [1.54, 1.807) is 6.07 Å². The van der Waals surface area contributed by atoms with E-state index in [1.165, 1.54) is 17.4 Å². The van der Waals surface area contributed by atoms with E-state index in [9.17, 15) is 8.78 Å². The molecule has 102 valence electrons. The summed E-state index contributed by atoms with van der Waals surface area (Å²) >= 11 is 16.2. The minimum absolute atomic E-state index is 0.193. The van der Waals surface area contributed by atoms with Crippen LogP contribution >= 0.6 is 50.5 Å². The summed E-state index contributed by atoms with van der Waals surface area (Å²) in [5.74, 6) is -1.31. The van der Waals surface area contributed by atoms with E-state index >= 15 is 0 Å². The smallest absolute Gasteiger partial charge is 0.149 e. The standard InChI is InChI=1S/C12H8BrCl2F2NS/c1-5(6-2-11(14)19-12(6)15)18-10-3-7(13)8(16)4-9(10)17/h2-5,18H,1H3. The van der Waals surface area contributed by atoms with Crippen LogP contribution in [-0.4, -0.2) is 0 Å². The SMILES string of the molecule is CC(Nc1cc(Br)c(F)cc1F)c1cc(Cl)sc1Cl. The first-order chi connectivity index (χ1) is 8.88. The summed E-state index contributed by atoms with van der Waals surface area (Å²) < 4.78 is 28.1. The summed E-state index contributed by atoms with van der Waals surface area (Å²) in [6.45, 7) is 1.82. The Morgan fingerprint density at radius 1 is 1.21 bits per heavy atom. The molecule has 2 aromatic rings. The zero-order valence-electron chi connectivity index (χ0n) is 9.61. The highest BCUT2D eigenvalue weighted by molar-refractivity contribution is 9.10. The molecule has 1 heterocycles. The summed E-state index contributed by atoms with van der Waals surface area (Å²) in [5.41, 5.74) is 0.968. The monoisotopic (exact) mass is 385 g/mol. The highest BCUT2D eigenvalue weighted by Crippen LogP contribution is 2.36. The van der Waals surface area contributed by atoms with Crippen molar-refractivity contribution >= 4 is 56.2 Å². The zero-order valence-corrected chi connectivity index (χ0v) is 13.5. The Labute approximate surface area is 131 Å². The third-order valence-electron chi connectivity index (χ3n) is 2.53. The van der Waals surface area contributed by atoms with Gasteiger partial charge in [-0.15, -0.1) is 11.3 Å². The molecule has 1 aromatic heterocycles. The molecule has 0 saturated carbocycles. The Bertz CT molecular complexity index is 618. The van der Waals surface area contributed by atoms with Crippen molar-refractivity contribution in [3.63, 3.8) is 0 Å². The number of benzene rings is 1. The summed E-state index contributed by atoms with van der Waals surface area (Å²) in [6, 6.07) is 3.65. The number of hydrogen-bond acceptors (Lipinski definition) is 2. The molecule has 0 saturated heterocycles. The zero-order chi connectivity index (χ0) is 14.2. The first kappa shape index (κ1) is 15.0. The molecule has 0 aliphatic heterocycles. The molecule has 0 fully saturated rings. The van der Waals surface area contributed by atoms with Gasteiger partial charge in [0.25, 0.3) is 0 Å². The van der Waals surface area contributed by atoms with Crippen LogP contribution in [0.4, 0.5) is 14.5 Å². The van der Waals surface area contributed by atoms with Gasteiger partial charge < -0.3 is 5.32 Å². The van der Waals surface area contributed by atoms with E-state index in [0.717, 1.165) is 11.6 Å². The van der Waals surface area contributed by atoms with Crippen LogP contribution in [0.3, 0.4) is 0 Å². The average molecular weight is 387 g/mol. The molecular weight excluding hydrogens is 379 g/mol. The fraction of sp³-hybridized carbons (Fsp3) is 0.167. The number of anilines is 1. The van der Waals surface area contributed by atoms with Crippen LogP contribution in [0.25, 0.3) is 0 Å². The van der Waals surface area contributed by atoms with Gasteiger partial charge in [-0.1, -0.05) is 23.2 Å². The third-order valence-corrected chi connectivity index (χ3v) is 4.66. The van der Waals surface area contributed by atoms with Crippen LogP contribution in [-0.2, 0) is 0 Å². The molecule has 2 rings (SSSR count). The second-order valence-electron chi connectivity index (χ2n) is 3.89. The molecule has 0 radical (unpaired) electrons. The molecule has 0 amide bonds. The Morgan fingerprint density at radius 3 is 2.47 bits per heavy atom. The summed E-state index contributed by atoms with van der Waals surface area (Å²) in [6.07, 6.45) is 0. The maximum atomic E-state index is 13.6. The predicted molar refractivity (Wildman–Crippen MR) is 80.4 cm³/mol. The molecule has 1 aromatic carbocycles. The van der Waals surface area contributed by atoms with E-state index in [4.69, 9.17) is 23.2 Å². The largest absolute Gasteiger partial charge is 0.376 e. The van der Waals surface area contributed by atoms with E-state index in [1.807, 2.05) is 6.92 Å². The second-order valence-corrected chi connectivity index (χ2v) is 7.03. The topological polar surface area (TPSA) is 12.0 Å². The molecule has 0 aliphatic carbocycles. The Morgan fingerprint density at radius 2 is 1.89 bits per heavy atom. The number of nitrogens with one attached hydrogen (secondary N) is 1. The van der Waals surface area contributed by atoms with Crippen LogP contribution in [0, 0.1) is 11.6 Å². The van der Waals surface area contributed by atoms with Crippen molar-refractivity contribution in [3.05, 3.63) is 48.5 Å². The van der Waals surface area contributed by atoms with Gasteiger partial charge in [-0.3, -0.25) is 0 Å². The van der Waals surface area contributed by atoms with E-state index in [2.05, 4.69) is 21.2 Å². The minimum atomic E-state index is -0.662. The number of hydrogen-bond donors (Lipinski definition) is 1. The maximum absolute atomic E-state index is 13.6. The van der Waals surface area contributed by atoms with Gasteiger partial charge in [0.15, 0.2) is 0 Å². The second kappa shape index (κ2) is 5.95. The molecule has 1 unspecified atom stereocenters. The third kappa shape index (κ3) is 3.40. The molecule has 1 nitrogen and oxygen atoms in total. The van der Waals surface area contributed by atoms with Crippen LogP contribution in [0.15, 0.2) is 22.7 Å². The summed E-state index contributed by atoms with van der Waals surface area (Å²) in [4.78, 5) is 0. The maximum Gasteiger partial charge on any atom is 0.149 e. The predicted octanol–water partition coefficient (Wildman–Crippen LogP) is 6.27. The highest BCUT2D eigenvalue weighted by Gasteiger charge is 2.16. The molecule has 1 N–H and O–H groups in total. The van der Waals surface area contributed by atoms with Gasteiger partial charge in [0.05, 0.1) is 24.9 Å². The van der Waals surface area contributed by atoms with Gasteiger partial charge in [-0.25, -0.2) is 8.78 Å². The van der Waals surface area contributed by atoms with Gasteiger partial charge in [0.2, 0.25) is 0 Å². The van der Waals surface area contributed by atoms with Gasteiger partial charge in [0, 0.05) is 11.6 Å². The first-order valence-corrected chi connectivity index (χ1v) is 7.61. The van der Waals surface area contributed by atoms with Crippen LogP contribution in [0.5, 0.6) is 0 Å². The lowest BCUT2D eigenvalue weighted by atomic mass is 10.1. The average Bonchev–Trinajstić information content (AvgIpc) is 2.65. The number of rotatable bonds is 3. The van der Waals surface area contributed by atoms with Crippen LogP contribution < -0.4 is 5.32 Å². The lowest BCUT2D eigenvalue weighted by Gasteiger charge is -2.15. The van der Waals surface area contributed by atoms with Crippen molar-refractivity contribution < 1.29 is 8.78 Å². The van der Waals surface area contributed by atoms with Gasteiger partial charge >= 0.3 is 0 Å². The molecule has 0 aliphatic rings. The van der Waals surface area contributed by atoms with Crippen molar-refractivity contribution in [1.82, 2.24) is 0 Å². The van der Waals surface area contributed by atoms with Gasteiger partial charge in [-0.2, -0.15) is 0 Å². The van der Waals surface area contributed by atoms with E-state index in [0.29, 0.717) is 8.67 Å². The minimum Gasteiger partial charge on any atom is -0.376 e. The van der Waals surface area contributed by atoms with Crippen molar-refractivity contribution in [3.8, 4) is 0 Å². The van der Waals surface area contributed by atoms with Crippen molar-refractivity contribution in [2.45, 2.75) is 13.0 Å². The lowest BCUT2D eigenvalue weighted by Crippen LogP contribution is -2.08. The number of halogens is 5. The lowest BCUT2D eigenvalue weighted by molar-refractivity contribution is 0.579. The van der Waals surface area contributed by atoms with Crippen molar-refractivity contribution in [1.29, 1.82) is 0 Å². The van der Waals surface area contributed by atoms with Crippen molar-refractivity contribution in [2.75, 3.05) is 5.32 Å². The summed E-state index contributed by atoms with van der Waals surface area (Å²) in [5, 5.41) is 2.94. The Balaban J connectivity index is 2.26. The highest BCUT2D eigenvalue weighted by atomic mass is 79.9. The van der Waals surface area contributed by atoms with E-state index in [-0.39, 0.29) is 16.2 Å². The summed E-state index contributed by atoms with van der Waals surface area (Å²) in [7, 11) is 0. The van der Waals surface area contributed by atoms with Gasteiger partial charge in [-0.05, 0) is 35.0 Å². The van der Waals surface area contributed by atoms with Crippen LogP contribution in [0.1, 0.15) is 18.5 Å². The van der Waals surface area contributed by atoms with Crippen LogP contribution in [0.2, 0.25) is 8.67 Å². The molecule has 0 bridgehead atoms. The molecule has 0 spiro atoms. The fourth-order valence-corrected chi connectivity index (χ4v) is 3.58. The molecule has 1 atom stereocenters. The normalized spacial score (nSPS) is 12.5.